The van der Waals surface area contributed by atoms with Crippen molar-refractivity contribution in [2.75, 3.05) is 19.7 Å². The van der Waals surface area contributed by atoms with Gasteiger partial charge in [0.1, 0.15) is 11.4 Å². The highest BCUT2D eigenvalue weighted by Crippen LogP contribution is 2.26. The van der Waals surface area contributed by atoms with Crippen molar-refractivity contribution in [3.63, 3.8) is 0 Å². The van der Waals surface area contributed by atoms with Crippen LogP contribution < -0.4 is 10.1 Å². The first-order valence-electron chi connectivity index (χ1n) is 13.5. The van der Waals surface area contributed by atoms with Gasteiger partial charge in [-0.3, -0.25) is 4.79 Å². The number of rotatable bonds is 7. The Balaban J connectivity index is 1.40. The summed E-state index contributed by atoms with van der Waals surface area (Å²) in [7, 11) is 0. The molecule has 1 N–H and O–H groups in total. The fraction of sp³-hybridized carbons (Fsp3) is 0.344. The van der Waals surface area contributed by atoms with Gasteiger partial charge in [-0.15, -0.1) is 0 Å². The Morgan fingerprint density at radius 1 is 0.925 bits per heavy atom. The molecular formula is C32H36N2O6. The third-order valence-corrected chi connectivity index (χ3v) is 6.50. The number of amides is 2. The molecule has 210 valence electrons. The lowest BCUT2D eigenvalue weighted by atomic mass is 9.96. The van der Waals surface area contributed by atoms with Crippen molar-refractivity contribution < 1.29 is 28.6 Å². The number of benzene rings is 3. The predicted molar refractivity (Wildman–Crippen MR) is 152 cm³/mol. The quantitative estimate of drug-likeness (QED) is 0.286. The normalized spacial score (nSPS) is 13.6. The van der Waals surface area contributed by atoms with Gasteiger partial charge in [-0.25, -0.2) is 9.59 Å². The first-order chi connectivity index (χ1) is 19.1. The van der Waals surface area contributed by atoms with E-state index in [0.717, 1.165) is 28.0 Å². The van der Waals surface area contributed by atoms with E-state index in [1.165, 1.54) is 4.90 Å². The molecule has 0 fully saturated rings. The van der Waals surface area contributed by atoms with Crippen molar-refractivity contribution in [1.82, 2.24) is 10.2 Å². The Morgan fingerprint density at radius 3 is 2.30 bits per heavy atom. The minimum absolute atomic E-state index is 0.0910. The van der Waals surface area contributed by atoms with Crippen molar-refractivity contribution in [1.29, 1.82) is 0 Å². The number of hydrogen-bond donors (Lipinski definition) is 1. The third kappa shape index (κ3) is 7.62. The molecule has 0 spiro atoms. The van der Waals surface area contributed by atoms with Gasteiger partial charge in [-0.1, -0.05) is 60.7 Å². The van der Waals surface area contributed by atoms with E-state index >= 15 is 0 Å². The maximum Gasteiger partial charge on any atom is 0.419 e. The van der Waals surface area contributed by atoms with Crippen LogP contribution in [0.15, 0.2) is 72.8 Å². The monoisotopic (exact) mass is 544 g/mol. The second kappa shape index (κ2) is 12.7. The van der Waals surface area contributed by atoms with Crippen molar-refractivity contribution in [2.45, 2.75) is 52.2 Å². The molecule has 8 nitrogen and oxygen atoms in total. The standard InChI is InChI=1S/C32H36N2O6/c1-5-38-27-16-15-24-17-18-34(21-26(24)19-27)31(37)39-30(36)33-20-28(29(35)40-32(2,3)4)25-13-11-23(12-14-25)22-9-7-6-8-10-22/h6-16,19,28H,5,17-18,20-21H2,1-4H3,(H,33,36). The second-order valence-corrected chi connectivity index (χ2v) is 10.6. The van der Waals surface area contributed by atoms with E-state index in [1.54, 1.807) is 20.8 Å². The van der Waals surface area contributed by atoms with Gasteiger partial charge in [0.25, 0.3) is 0 Å². The van der Waals surface area contributed by atoms with Crippen LogP contribution in [0.2, 0.25) is 0 Å². The van der Waals surface area contributed by atoms with E-state index in [4.69, 9.17) is 14.2 Å². The number of carbonyl (C=O) groups excluding carboxylic acids is 3. The summed E-state index contributed by atoms with van der Waals surface area (Å²) in [5.41, 5.74) is 4.12. The Kier molecular flexibility index (Phi) is 9.09. The summed E-state index contributed by atoms with van der Waals surface area (Å²) in [5, 5.41) is 2.58. The van der Waals surface area contributed by atoms with Crippen molar-refractivity contribution in [3.05, 3.63) is 89.5 Å². The Bertz CT molecular complexity index is 1330. The molecule has 1 aliphatic heterocycles. The second-order valence-electron chi connectivity index (χ2n) is 10.6. The molecule has 0 bridgehead atoms. The van der Waals surface area contributed by atoms with Gasteiger partial charge in [-0.2, -0.15) is 0 Å². The van der Waals surface area contributed by atoms with E-state index in [1.807, 2.05) is 79.7 Å². The average Bonchev–Trinajstić information content (AvgIpc) is 2.93. The van der Waals surface area contributed by atoms with Gasteiger partial charge in [-0.05, 0) is 74.1 Å². The molecule has 1 unspecified atom stereocenters. The zero-order valence-corrected chi connectivity index (χ0v) is 23.4. The molecule has 3 aromatic rings. The molecule has 3 aromatic carbocycles. The topological polar surface area (TPSA) is 94.2 Å². The molecule has 0 saturated heterocycles. The number of ether oxygens (including phenoxy) is 3. The highest BCUT2D eigenvalue weighted by molar-refractivity contribution is 5.85. The molecule has 1 atom stereocenters. The molecule has 0 aliphatic carbocycles. The number of alkyl carbamates (subject to hydrolysis) is 1. The van der Waals surface area contributed by atoms with Gasteiger partial charge in [0.2, 0.25) is 0 Å². The molecule has 4 rings (SSSR count). The molecule has 1 heterocycles. The summed E-state index contributed by atoms with van der Waals surface area (Å²) < 4.78 is 16.3. The average molecular weight is 545 g/mol. The summed E-state index contributed by atoms with van der Waals surface area (Å²) in [6.45, 7) is 8.48. The van der Waals surface area contributed by atoms with Crippen LogP contribution in [0.1, 0.15) is 50.3 Å². The number of nitrogens with one attached hydrogen (secondary N) is 1. The molecule has 0 aromatic heterocycles. The molecule has 2 amide bonds. The number of hydrogen-bond acceptors (Lipinski definition) is 6. The largest absolute Gasteiger partial charge is 0.494 e. The number of nitrogens with zero attached hydrogens (tertiary/aromatic N) is 1. The molecule has 1 aliphatic rings. The summed E-state index contributed by atoms with van der Waals surface area (Å²) in [6, 6.07) is 23.3. The Hall–Kier alpha value is -4.33. The minimum Gasteiger partial charge on any atom is -0.494 e. The summed E-state index contributed by atoms with van der Waals surface area (Å²) in [4.78, 5) is 39.9. The van der Waals surface area contributed by atoms with Crippen molar-refractivity contribution >= 4 is 18.2 Å². The van der Waals surface area contributed by atoms with E-state index in [-0.39, 0.29) is 6.54 Å². The Labute approximate surface area is 235 Å². The van der Waals surface area contributed by atoms with Crippen LogP contribution in [0.4, 0.5) is 9.59 Å². The van der Waals surface area contributed by atoms with Crippen LogP contribution in [-0.2, 0) is 27.2 Å². The number of carbonyl (C=O) groups is 3. The highest BCUT2D eigenvalue weighted by atomic mass is 16.6. The lowest BCUT2D eigenvalue weighted by Gasteiger charge is -2.28. The van der Waals surface area contributed by atoms with Crippen LogP contribution in [0.5, 0.6) is 5.75 Å². The molecule has 0 radical (unpaired) electrons. The van der Waals surface area contributed by atoms with E-state index in [2.05, 4.69) is 5.32 Å². The molecule has 40 heavy (non-hydrogen) atoms. The summed E-state index contributed by atoms with van der Waals surface area (Å²) >= 11 is 0. The summed E-state index contributed by atoms with van der Waals surface area (Å²) in [6.07, 6.45) is -1.02. The van der Waals surface area contributed by atoms with Crippen LogP contribution in [-0.4, -0.2) is 48.4 Å². The van der Waals surface area contributed by atoms with Crippen LogP contribution in [0.25, 0.3) is 11.1 Å². The highest BCUT2D eigenvalue weighted by Gasteiger charge is 2.29. The lowest BCUT2D eigenvalue weighted by molar-refractivity contribution is -0.156. The summed E-state index contributed by atoms with van der Waals surface area (Å²) in [5.74, 6) is -0.533. The van der Waals surface area contributed by atoms with Gasteiger partial charge in [0.15, 0.2) is 0 Å². The fourth-order valence-corrected chi connectivity index (χ4v) is 4.56. The predicted octanol–water partition coefficient (Wildman–Crippen LogP) is 6.08. The first-order valence-corrected chi connectivity index (χ1v) is 13.5. The van der Waals surface area contributed by atoms with Crippen molar-refractivity contribution in [2.24, 2.45) is 0 Å². The van der Waals surface area contributed by atoms with Gasteiger partial charge in [0.05, 0.1) is 12.5 Å². The molecular weight excluding hydrogens is 508 g/mol. The zero-order valence-electron chi connectivity index (χ0n) is 23.4. The molecule has 0 saturated carbocycles. The third-order valence-electron chi connectivity index (χ3n) is 6.50. The van der Waals surface area contributed by atoms with Crippen LogP contribution >= 0.6 is 0 Å². The lowest BCUT2D eigenvalue weighted by Crippen LogP contribution is -2.41. The number of esters is 1. The van der Waals surface area contributed by atoms with Crippen LogP contribution in [0.3, 0.4) is 0 Å². The maximum absolute atomic E-state index is 13.1. The van der Waals surface area contributed by atoms with Crippen LogP contribution in [0, 0.1) is 0 Å². The smallest absolute Gasteiger partial charge is 0.419 e. The SMILES string of the molecule is CCOc1ccc2c(c1)CN(C(=O)OC(=O)NCC(C(=O)OC(C)(C)C)c1ccc(-c3ccccc3)cc1)CC2. The first kappa shape index (κ1) is 28.7. The van der Waals surface area contributed by atoms with Gasteiger partial charge >= 0.3 is 18.2 Å². The number of fused-ring (bicyclic) bond motifs is 1. The van der Waals surface area contributed by atoms with E-state index in [0.29, 0.717) is 31.7 Å². The van der Waals surface area contributed by atoms with Crippen molar-refractivity contribution in [3.8, 4) is 16.9 Å². The van der Waals surface area contributed by atoms with E-state index in [9.17, 15) is 14.4 Å². The Morgan fingerprint density at radius 2 is 1.62 bits per heavy atom. The van der Waals surface area contributed by atoms with Gasteiger partial charge in [0, 0.05) is 19.6 Å². The minimum atomic E-state index is -0.923. The van der Waals surface area contributed by atoms with E-state index < -0.39 is 29.7 Å². The zero-order chi connectivity index (χ0) is 28.7. The maximum atomic E-state index is 13.1. The van der Waals surface area contributed by atoms with Gasteiger partial charge < -0.3 is 24.4 Å². The molecule has 8 heteroatoms. The fourth-order valence-electron chi connectivity index (χ4n) is 4.56.